The third kappa shape index (κ3) is 2.98. The molecule has 1 fully saturated rings. The molecule has 19 heavy (non-hydrogen) atoms. The number of hydrogen-bond acceptors (Lipinski definition) is 5. The van der Waals surface area contributed by atoms with Gasteiger partial charge in [-0.05, 0) is 37.5 Å². The van der Waals surface area contributed by atoms with Crippen LogP contribution in [0.5, 0.6) is 0 Å². The fraction of sp³-hybridized carbons (Fsp3) is 0.692. The largest absolute Gasteiger partial charge is 0.357 e. The number of halogens is 1. The average Bonchev–Trinajstić information content (AvgIpc) is 3.05. The fourth-order valence-electron chi connectivity index (χ4n) is 2.68. The highest BCUT2D eigenvalue weighted by molar-refractivity contribution is 7.99. The number of rotatable bonds is 4. The van der Waals surface area contributed by atoms with Gasteiger partial charge in [-0.3, -0.25) is 0 Å². The van der Waals surface area contributed by atoms with E-state index in [9.17, 15) is 0 Å². The summed E-state index contributed by atoms with van der Waals surface area (Å²) < 4.78 is 0. The minimum absolute atomic E-state index is 0.379. The second kappa shape index (κ2) is 5.85. The van der Waals surface area contributed by atoms with Crippen LogP contribution in [0.15, 0.2) is 4.90 Å². The van der Waals surface area contributed by atoms with Crippen LogP contribution in [-0.2, 0) is 6.42 Å². The first-order chi connectivity index (χ1) is 9.24. The van der Waals surface area contributed by atoms with E-state index >= 15 is 0 Å². The normalized spacial score (nSPS) is 18.8. The highest BCUT2D eigenvalue weighted by Gasteiger charge is 2.22. The molecule has 0 N–H and O–H groups in total. The Hall–Kier alpha value is -0.520. The zero-order chi connectivity index (χ0) is 13.2. The summed E-state index contributed by atoms with van der Waals surface area (Å²) in [6.45, 7) is 4.59. The third-order valence-corrected chi connectivity index (χ3v) is 5.07. The molecule has 6 heteroatoms. The lowest BCUT2D eigenvalue weighted by atomic mass is 10.3. The van der Waals surface area contributed by atoms with E-state index in [0.29, 0.717) is 5.28 Å². The van der Waals surface area contributed by atoms with Gasteiger partial charge in [0.2, 0.25) is 5.28 Å². The highest BCUT2D eigenvalue weighted by atomic mass is 35.5. The minimum atomic E-state index is 0.379. The molecule has 1 aromatic rings. The Morgan fingerprint density at radius 2 is 2.11 bits per heavy atom. The molecular weight excluding hydrogens is 280 g/mol. The summed E-state index contributed by atoms with van der Waals surface area (Å²) in [4.78, 5) is 14.7. The van der Waals surface area contributed by atoms with Crippen LogP contribution < -0.4 is 4.90 Å². The molecule has 104 valence electrons. The van der Waals surface area contributed by atoms with Crippen molar-refractivity contribution in [3.8, 4) is 0 Å². The van der Waals surface area contributed by atoms with Crippen LogP contribution >= 0.6 is 23.4 Å². The second-order valence-corrected chi connectivity index (χ2v) is 6.60. The summed E-state index contributed by atoms with van der Waals surface area (Å²) in [5.74, 6) is 2.11. The Bertz CT molecular complexity index is 462. The van der Waals surface area contributed by atoms with Crippen LogP contribution in [0.4, 0.5) is 5.82 Å². The lowest BCUT2D eigenvalue weighted by Gasteiger charge is -2.23. The van der Waals surface area contributed by atoms with Gasteiger partial charge < -0.3 is 9.80 Å². The van der Waals surface area contributed by atoms with Crippen molar-refractivity contribution in [3.63, 3.8) is 0 Å². The second-order valence-electron chi connectivity index (χ2n) is 5.16. The zero-order valence-electron chi connectivity index (χ0n) is 11.2. The summed E-state index contributed by atoms with van der Waals surface area (Å²) in [6, 6.07) is 0. The number of likely N-dealkylation sites (tertiary alicyclic amines) is 1. The van der Waals surface area contributed by atoms with Gasteiger partial charge in [0.1, 0.15) is 5.82 Å². The van der Waals surface area contributed by atoms with Gasteiger partial charge in [0.15, 0.2) is 0 Å². The zero-order valence-corrected chi connectivity index (χ0v) is 12.8. The van der Waals surface area contributed by atoms with Crippen LogP contribution in [-0.4, -0.2) is 53.8 Å². The monoisotopic (exact) mass is 298 g/mol. The fourth-order valence-corrected chi connectivity index (χ4v) is 4.01. The van der Waals surface area contributed by atoms with E-state index in [1.165, 1.54) is 30.8 Å². The van der Waals surface area contributed by atoms with E-state index in [2.05, 4.69) is 26.8 Å². The predicted molar refractivity (Wildman–Crippen MR) is 80.4 cm³/mol. The van der Waals surface area contributed by atoms with Crippen molar-refractivity contribution in [2.75, 3.05) is 43.9 Å². The van der Waals surface area contributed by atoms with Crippen LogP contribution in [0, 0.1) is 0 Å². The Kier molecular flexibility index (Phi) is 4.15. The van der Waals surface area contributed by atoms with E-state index in [1.54, 1.807) is 0 Å². The number of thioether (sulfide) groups is 1. The topological polar surface area (TPSA) is 32.3 Å². The highest BCUT2D eigenvalue weighted by Crippen LogP contribution is 2.37. The standard InChI is InChI=1S/C13H19ClN4S/c1-17(7-8-18-5-2-3-6-18)12-11-10(4-9-19-11)15-13(14)16-12/h2-9H2,1H3. The molecule has 4 nitrogen and oxygen atoms in total. The molecule has 0 amide bonds. The molecule has 1 aromatic heterocycles. The third-order valence-electron chi connectivity index (χ3n) is 3.79. The van der Waals surface area contributed by atoms with E-state index in [4.69, 9.17) is 11.6 Å². The van der Waals surface area contributed by atoms with Gasteiger partial charge in [-0.25, -0.2) is 4.98 Å². The number of nitrogens with zero attached hydrogens (tertiary/aromatic N) is 4. The molecule has 2 aliphatic heterocycles. The van der Waals surface area contributed by atoms with Crippen LogP contribution in [0.2, 0.25) is 5.28 Å². The van der Waals surface area contributed by atoms with E-state index in [1.807, 2.05) is 11.8 Å². The number of hydrogen-bond donors (Lipinski definition) is 0. The van der Waals surface area contributed by atoms with Gasteiger partial charge in [0.05, 0.1) is 10.6 Å². The molecule has 0 saturated carbocycles. The molecule has 0 atom stereocenters. The summed E-state index contributed by atoms with van der Waals surface area (Å²) >= 11 is 7.88. The maximum Gasteiger partial charge on any atom is 0.224 e. The quantitative estimate of drug-likeness (QED) is 0.797. The van der Waals surface area contributed by atoms with Gasteiger partial charge in [-0.15, -0.1) is 11.8 Å². The van der Waals surface area contributed by atoms with Gasteiger partial charge in [0.25, 0.3) is 0 Å². The first-order valence-electron chi connectivity index (χ1n) is 6.87. The van der Waals surface area contributed by atoms with Crippen molar-refractivity contribution in [1.82, 2.24) is 14.9 Å². The molecule has 3 heterocycles. The summed E-state index contributed by atoms with van der Waals surface area (Å²) in [7, 11) is 2.11. The van der Waals surface area contributed by atoms with E-state index in [-0.39, 0.29) is 0 Å². The smallest absolute Gasteiger partial charge is 0.224 e. The molecule has 0 bridgehead atoms. The van der Waals surface area contributed by atoms with E-state index in [0.717, 1.165) is 36.8 Å². The molecule has 0 aliphatic carbocycles. The predicted octanol–water partition coefficient (Wildman–Crippen LogP) is 2.31. The first-order valence-corrected chi connectivity index (χ1v) is 8.23. The van der Waals surface area contributed by atoms with Gasteiger partial charge in [0, 0.05) is 32.3 Å². The first kappa shape index (κ1) is 13.5. The summed E-state index contributed by atoms with van der Waals surface area (Å²) in [5, 5.41) is 0.379. The Morgan fingerprint density at radius 3 is 2.89 bits per heavy atom. The Balaban J connectivity index is 1.70. The van der Waals surface area contributed by atoms with Crippen molar-refractivity contribution in [2.45, 2.75) is 24.2 Å². The average molecular weight is 299 g/mol. The molecule has 0 radical (unpaired) electrons. The molecular formula is C13H19ClN4S. The molecule has 0 spiro atoms. The molecule has 3 rings (SSSR count). The molecule has 1 saturated heterocycles. The van der Waals surface area contributed by atoms with Gasteiger partial charge >= 0.3 is 0 Å². The minimum Gasteiger partial charge on any atom is -0.357 e. The summed E-state index contributed by atoms with van der Waals surface area (Å²) in [6.07, 6.45) is 3.69. The number of anilines is 1. The lowest BCUT2D eigenvalue weighted by Crippen LogP contribution is -2.32. The van der Waals surface area contributed by atoms with Crippen molar-refractivity contribution in [2.24, 2.45) is 0 Å². The Labute approximate surface area is 123 Å². The molecule has 0 aromatic carbocycles. The van der Waals surface area contributed by atoms with Gasteiger partial charge in [-0.1, -0.05) is 0 Å². The van der Waals surface area contributed by atoms with Crippen molar-refractivity contribution in [3.05, 3.63) is 11.0 Å². The number of aryl methyl sites for hydroxylation is 1. The van der Waals surface area contributed by atoms with Gasteiger partial charge in [-0.2, -0.15) is 4.98 Å². The van der Waals surface area contributed by atoms with Crippen LogP contribution in [0.1, 0.15) is 18.5 Å². The van der Waals surface area contributed by atoms with Crippen molar-refractivity contribution in [1.29, 1.82) is 0 Å². The Morgan fingerprint density at radius 1 is 1.32 bits per heavy atom. The number of likely N-dealkylation sites (N-methyl/N-ethyl adjacent to an activating group) is 1. The molecule has 0 unspecified atom stereocenters. The molecule has 2 aliphatic rings. The van der Waals surface area contributed by atoms with E-state index < -0.39 is 0 Å². The van der Waals surface area contributed by atoms with Crippen molar-refractivity contribution < 1.29 is 0 Å². The number of aromatic nitrogens is 2. The summed E-state index contributed by atoms with van der Waals surface area (Å²) in [5.41, 5.74) is 1.12. The maximum atomic E-state index is 6.03. The number of fused-ring (bicyclic) bond motifs is 1. The van der Waals surface area contributed by atoms with Crippen molar-refractivity contribution >= 4 is 29.2 Å². The van der Waals surface area contributed by atoms with Crippen LogP contribution in [0.3, 0.4) is 0 Å². The lowest BCUT2D eigenvalue weighted by molar-refractivity contribution is 0.346. The van der Waals surface area contributed by atoms with Crippen LogP contribution in [0.25, 0.3) is 0 Å². The SMILES string of the molecule is CN(CCN1CCCC1)c1nc(Cl)nc2c1SCC2. The maximum absolute atomic E-state index is 6.03.